The standard InChI is InChI=1S/C12H12ClN3O4/c1-3-20-12(17)7(2)15-10-6-8(16(18)19)4-5-9(10)11(13)14-15/h4-7H,3H2,1-2H3. The van der Waals surface area contributed by atoms with Crippen LogP contribution >= 0.6 is 11.6 Å². The number of nitrogens with zero attached hydrogens (tertiary/aromatic N) is 3. The third kappa shape index (κ3) is 2.44. The van der Waals surface area contributed by atoms with Gasteiger partial charge in [-0.15, -0.1) is 0 Å². The van der Waals surface area contributed by atoms with E-state index in [2.05, 4.69) is 5.10 Å². The van der Waals surface area contributed by atoms with E-state index in [1.54, 1.807) is 13.8 Å². The molecule has 0 spiro atoms. The first kappa shape index (κ1) is 14.3. The number of halogens is 1. The van der Waals surface area contributed by atoms with Crippen LogP contribution in [-0.2, 0) is 9.53 Å². The summed E-state index contributed by atoms with van der Waals surface area (Å²) in [4.78, 5) is 22.1. The minimum atomic E-state index is -0.716. The van der Waals surface area contributed by atoms with Crippen molar-refractivity contribution < 1.29 is 14.5 Å². The SMILES string of the molecule is CCOC(=O)C(C)n1nc(Cl)c2ccc([N+](=O)[O-])cc21. The summed E-state index contributed by atoms with van der Waals surface area (Å²) in [5, 5.41) is 15.6. The minimum absolute atomic E-state index is 0.0913. The maximum atomic E-state index is 11.8. The van der Waals surface area contributed by atoms with Gasteiger partial charge in [0.2, 0.25) is 0 Å². The summed E-state index contributed by atoms with van der Waals surface area (Å²) in [5.41, 5.74) is 0.330. The lowest BCUT2D eigenvalue weighted by atomic mass is 10.2. The number of non-ortho nitro benzene ring substituents is 1. The van der Waals surface area contributed by atoms with Gasteiger partial charge in [0.15, 0.2) is 5.15 Å². The van der Waals surface area contributed by atoms with Gasteiger partial charge in [-0.1, -0.05) is 11.6 Å². The molecule has 1 aromatic heterocycles. The van der Waals surface area contributed by atoms with Crippen molar-refractivity contribution in [3.8, 4) is 0 Å². The van der Waals surface area contributed by atoms with Gasteiger partial charge in [-0.05, 0) is 19.9 Å². The highest BCUT2D eigenvalue weighted by molar-refractivity contribution is 6.34. The van der Waals surface area contributed by atoms with Gasteiger partial charge < -0.3 is 4.74 Å². The van der Waals surface area contributed by atoms with E-state index in [9.17, 15) is 14.9 Å². The molecule has 7 nitrogen and oxygen atoms in total. The van der Waals surface area contributed by atoms with Gasteiger partial charge in [-0.2, -0.15) is 5.10 Å². The number of carbonyl (C=O) groups excluding carboxylic acids is 1. The largest absolute Gasteiger partial charge is 0.464 e. The highest BCUT2D eigenvalue weighted by Gasteiger charge is 2.22. The van der Waals surface area contributed by atoms with Gasteiger partial charge in [-0.3, -0.25) is 10.1 Å². The average molecular weight is 298 g/mol. The van der Waals surface area contributed by atoms with Crippen molar-refractivity contribution in [2.75, 3.05) is 6.61 Å². The molecule has 0 saturated heterocycles. The van der Waals surface area contributed by atoms with Crippen molar-refractivity contribution in [2.24, 2.45) is 0 Å². The first-order valence-electron chi connectivity index (χ1n) is 5.94. The van der Waals surface area contributed by atoms with Crippen molar-refractivity contribution in [1.29, 1.82) is 0 Å². The lowest BCUT2D eigenvalue weighted by Crippen LogP contribution is -2.20. The maximum absolute atomic E-state index is 11.8. The van der Waals surface area contributed by atoms with Crippen LogP contribution in [0.15, 0.2) is 18.2 Å². The molecule has 0 amide bonds. The first-order chi connectivity index (χ1) is 9.45. The molecule has 1 atom stereocenters. The van der Waals surface area contributed by atoms with Gasteiger partial charge in [0.1, 0.15) is 6.04 Å². The fourth-order valence-corrected chi connectivity index (χ4v) is 2.10. The lowest BCUT2D eigenvalue weighted by Gasteiger charge is -2.11. The van der Waals surface area contributed by atoms with Crippen molar-refractivity contribution in [2.45, 2.75) is 19.9 Å². The molecule has 0 radical (unpaired) electrons. The van der Waals surface area contributed by atoms with Crippen LogP contribution in [-0.4, -0.2) is 27.3 Å². The van der Waals surface area contributed by atoms with Gasteiger partial charge >= 0.3 is 5.97 Å². The van der Waals surface area contributed by atoms with E-state index in [0.29, 0.717) is 10.9 Å². The molecule has 1 unspecified atom stereocenters. The van der Waals surface area contributed by atoms with E-state index in [0.717, 1.165) is 0 Å². The maximum Gasteiger partial charge on any atom is 0.330 e. The number of fused-ring (bicyclic) bond motifs is 1. The number of carbonyl (C=O) groups is 1. The Morgan fingerprint density at radius 2 is 2.30 bits per heavy atom. The van der Waals surface area contributed by atoms with E-state index >= 15 is 0 Å². The van der Waals surface area contributed by atoms with Crippen LogP contribution in [0.1, 0.15) is 19.9 Å². The Balaban J connectivity index is 2.55. The molecule has 0 aliphatic carbocycles. The van der Waals surface area contributed by atoms with Crippen LogP contribution in [0.2, 0.25) is 5.15 Å². The first-order valence-corrected chi connectivity index (χ1v) is 6.32. The van der Waals surface area contributed by atoms with Crippen molar-refractivity contribution in [1.82, 2.24) is 9.78 Å². The number of benzene rings is 1. The monoisotopic (exact) mass is 297 g/mol. The zero-order valence-electron chi connectivity index (χ0n) is 10.9. The molecule has 0 aliphatic heterocycles. The molecule has 2 aromatic rings. The third-order valence-electron chi connectivity index (χ3n) is 2.85. The molecule has 8 heteroatoms. The molecular weight excluding hydrogens is 286 g/mol. The van der Waals surface area contributed by atoms with E-state index in [4.69, 9.17) is 16.3 Å². The molecule has 1 heterocycles. The smallest absolute Gasteiger partial charge is 0.330 e. The van der Waals surface area contributed by atoms with Gasteiger partial charge in [0.05, 0.1) is 17.0 Å². The Morgan fingerprint density at radius 3 is 2.90 bits per heavy atom. The molecule has 20 heavy (non-hydrogen) atoms. The molecule has 0 fully saturated rings. The quantitative estimate of drug-likeness (QED) is 0.492. The van der Waals surface area contributed by atoms with Crippen molar-refractivity contribution in [3.05, 3.63) is 33.5 Å². The number of hydrogen-bond donors (Lipinski definition) is 0. The topological polar surface area (TPSA) is 87.3 Å². The number of nitro groups is 1. The molecular formula is C12H12ClN3O4. The number of rotatable bonds is 4. The molecule has 106 valence electrons. The van der Waals surface area contributed by atoms with Gasteiger partial charge in [0, 0.05) is 17.5 Å². The third-order valence-corrected chi connectivity index (χ3v) is 3.13. The molecule has 0 N–H and O–H groups in total. The van der Waals surface area contributed by atoms with Crippen LogP contribution in [0.25, 0.3) is 10.9 Å². The fourth-order valence-electron chi connectivity index (χ4n) is 1.86. The van der Waals surface area contributed by atoms with Crippen LogP contribution in [0.5, 0.6) is 0 Å². The fraction of sp³-hybridized carbons (Fsp3) is 0.333. The van der Waals surface area contributed by atoms with E-state index in [-0.39, 0.29) is 17.4 Å². The summed E-state index contributed by atoms with van der Waals surface area (Å²) >= 11 is 5.98. The Kier molecular flexibility index (Phi) is 3.89. The van der Waals surface area contributed by atoms with Crippen molar-refractivity contribution in [3.63, 3.8) is 0 Å². The summed E-state index contributed by atoms with van der Waals surface area (Å²) in [6, 6.07) is 3.48. The summed E-state index contributed by atoms with van der Waals surface area (Å²) < 4.78 is 6.25. The number of nitro benzene ring substituents is 1. The molecule has 1 aromatic carbocycles. The van der Waals surface area contributed by atoms with Crippen LogP contribution in [0, 0.1) is 10.1 Å². The summed E-state index contributed by atoms with van der Waals surface area (Å²) in [7, 11) is 0. The van der Waals surface area contributed by atoms with Crippen molar-refractivity contribution >= 4 is 34.2 Å². The Bertz CT molecular complexity index is 683. The number of esters is 1. The van der Waals surface area contributed by atoms with Crippen LogP contribution in [0.4, 0.5) is 5.69 Å². The van der Waals surface area contributed by atoms with Crippen LogP contribution in [0.3, 0.4) is 0 Å². The zero-order chi connectivity index (χ0) is 14.9. The molecule has 0 aliphatic rings. The Labute approximate surface area is 119 Å². The normalized spacial score (nSPS) is 12.3. The number of aromatic nitrogens is 2. The summed E-state index contributed by atoms with van der Waals surface area (Å²) in [6.07, 6.45) is 0. The summed E-state index contributed by atoms with van der Waals surface area (Å²) in [6.45, 7) is 3.54. The van der Waals surface area contributed by atoms with E-state index in [1.807, 2.05) is 0 Å². The second-order valence-electron chi connectivity index (χ2n) is 4.12. The lowest BCUT2D eigenvalue weighted by molar-refractivity contribution is -0.384. The molecule has 2 rings (SSSR count). The predicted octanol–water partition coefficient (Wildman–Crippen LogP) is 2.72. The number of ether oxygens (including phenoxy) is 1. The van der Waals surface area contributed by atoms with Crippen LogP contribution < -0.4 is 0 Å². The zero-order valence-corrected chi connectivity index (χ0v) is 11.6. The second kappa shape index (κ2) is 5.46. The highest BCUT2D eigenvalue weighted by Crippen LogP contribution is 2.29. The molecule has 0 saturated carbocycles. The number of hydrogen-bond acceptors (Lipinski definition) is 5. The van der Waals surface area contributed by atoms with E-state index in [1.165, 1.54) is 22.9 Å². The van der Waals surface area contributed by atoms with E-state index < -0.39 is 16.9 Å². The summed E-state index contributed by atoms with van der Waals surface area (Å²) in [5.74, 6) is -0.472. The minimum Gasteiger partial charge on any atom is -0.464 e. The van der Waals surface area contributed by atoms with Gasteiger partial charge in [0.25, 0.3) is 5.69 Å². The van der Waals surface area contributed by atoms with Gasteiger partial charge in [-0.25, -0.2) is 9.48 Å². The average Bonchev–Trinajstić information content (AvgIpc) is 2.75. The predicted molar refractivity (Wildman–Crippen MR) is 72.7 cm³/mol. The highest BCUT2D eigenvalue weighted by atomic mass is 35.5. The Hall–Kier alpha value is -2.15. The molecule has 0 bridgehead atoms. The second-order valence-corrected chi connectivity index (χ2v) is 4.48. The Morgan fingerprint density at radius 1 is 1.60 bits per heavy atom.